The van der Waals surface area contributed by atoms with Crippen LogP contribution >= 0.6 is 0 Å². The first-order chi connectivity index (χ1) is 14.9. The van der Waals surface area contributed by atoms with Crippen LogP contribution in [0.1, 0.15) is 40.0 Å². The van der Waals surface area contributed by atoms with Crippen LogP contribution in [-0.2, 0) is 9.16 Å². The lowest BCUT2D eigenvalue weighted by atomic mass is 9.87. The van der Waals surface area contributed by atoms with Gasteiger partial charge in [0.05, 0.1) is 18.3 Å². The molecule has 1 N–H and O–H groups in total. The minimum Gasteiger partial charge on any atom is -0.407 e. The van der Waals surface area contributed by atoms with E-state index in [2.05, 4.69) is 75.4 Å². The molecule has 0 bridgehead atoms. The second kappa shape index (κ2) is 8.88. The SMILES string of the molecule is CC(C)(C)[Si](OC[C@@H]1[C@H]2CC[C@H](C#N)O[C@H]2C[C@H]1O)(c1ccccc1)c1ccccc1. The van der Waals surface area contributed by atoms with Crippen molar-refractivity contribution in [2.24, 2.45) is 11.8 Å². The average Bonchev–Trinajstić information content (AvgIpc) is 3.09. The Morgan fingerprint density at radius 1 is 1.03 bits per heavy atom. The molecule has 0 unspecified atom stereocenters. The van der Waals surface area contributed by atoms with Crippen molar-refractivity contribution < 1.29 is 14.3 Å². The second-order valence-corrected chi connectivity index (χ2v) is 14.3. The van der Waals surface area contributed by atoms with Crippen molar-refractivity contribution in [3.05, 3.63) is 60.7 Å². The van der Waals surface area contributed by atoms with E-state index in [-0.39, 0.29) is 29.1 Å². The number of nitrogens with zero attached hydrogens (tertiary/aromatic N) is 1. The van der Waals surface area contributed by atoms with Gasteiger partial charge >= 0.3 is 0 Å². The summed E-state index contributed by atoms with van der Waals surface area (Å²) in [5.74, 6) is 0.282. The Kier molecular flexibility index (Phi) is 6.36. The first-order valence-electron chi connectivity index (χ1n) is 11.3. The molecule has 2 aliphatic rings. The highest BCUT2D eigenvalue weighted by molar-refractivity contribution is 6.99. The lowest BCUT2D eigenvalue weighted by molar-refractivity contribution is -0.0549. The molecule has 0 amide bonds. The molecule has 164 valence electrons. The van der Waals surface area contributed by atoms with Gasteiger partial charge in [0, 0.05) is 18.9 Å². The van der Waals surface area contributed by atoms with E-state index in [0.29, 0.717) is 13.0 Å². The summed E-state index contributed by atoms with van der Waals surface area (Å²) in [5, 5.41) is 22.5. The topological polar surface area (TPSA) is 62.5 Å². The van der Waals surface area contributed by atoms with Gasteiger partial charge in [0.25, 0.3) is 8.32 Å². The number of hydrogen-bond acceptors (Lipinski definition) is 4. The summed E-state index contributed by atoms with van der Waals surface area (Å²) < 4.78 is 13.0. The van der Waals surface area contributed by atoms with Crippen LogP contribution in [0.4, 0.5) is 0 Å². The van der Waals surface area contributed by atoms with Crippen molar-refractivity contribution in [1.82, 2.24) is 0 Å². The molecule has 1 aliphatic carbocycles. The smallest absolute Gasteiger partial charge is 0.261 e. The third kappa shape index (κ3) is 4.10. The zero-order chi connectivity index (χ0) is 22.1. The maximum Gasteiger partial charge on any atom is 0.261 e. The van der Waals surface area contributed by atoms with E-state index in [0.717, 1.165) is 12.8 Å². The van der Waals surface area contributed by atoms with Gasteiger partial charge in [0.2, 0.25) is 0 Å². The number of benzene rings is 2. The quantitative estimate of drug-likeness (QED) is 0.729. The highest BCUT2D eigenvalue weighted by atomic mass is 28.4. The van der Waals surface area contributed by atoms with E-state index < -0.39 is 14.4 Å². The van der Waals surface area contributed by atoms with Gasteiger partial charge in [-0.05, 0) is 34.2 Å². The fraction of sp³-hybridized carbons (Fsp3) is 0.500. The van der Waals surface area contributed by atoms with Gasteiger partial charge in [-0.2, -0.15) is 5.26 Å². The molecule has 0 aromatic heterocycles. The van der Waals surface area contributed by atoms with Crippen LogP contribution in [-0.4, -0.2) is 38.3 Å². The Morgan fingerprint density at radius 3 is 2.13 bits per heavy atom. The lowest BCUT2D eigenvalue weighted by Crippen LogP contribution is -2.67. The Labute approximate surface area is 187 Å². The van der Waals surface area contributed by atoms with Gasteiger partial charge in [0.15, 0.2) is 0 Å². The molecule has 0 radical (unpaired) electrons. The molecule has 4 rings (SSSR count). The minimum absolute atomic E-state index is 0.0336. The molecule has 1 aliphatic heterocycles. The zero-order valence-electron chi connectivity index (χ0n) is 18.7. The number of rotatable bonds is 5. The average molecular weight is 436 g/mol. The van der Waals surface area contributed by atoms with Crippen LogP contribution in [0.2, 0.25) is 5.04 Å². The predicted octanol–water partition coefficient (Wildman–Crippen LogP) is 3.63. The van der Waals surface area contributed by atoms with Crippen LogP contribution in [0.5, 0.6) is 0 Å². The fourth-order valence-corrected chi connectivity index (χ4v) is 10.2. The predicted molar refractivity (Wildman–Crippen MR) is 125 cm³/mol. The normalized spacial score (nSPS) is 28.7. The summed E-state index contributed by atoms with van der Waals surface area (Å²) >= 11 is 0. The Balaban J connectivity index is 1.67. The Bertz CT molecular complexity index is 866. The summed E-state index contributed by atoms with van der Waals surface area (Å²) in [6.45, 7) is 7.33. The summed E-state index contributed by atoms with van der Waals surface area (Å²) in [6, 6.07) is 23.5. The molecular formula is C26H33NO3Si. The van der Waals surface area contributed by atoms with E-state index in [1.54, 1.807) is 0 Å². The van der Waals surface area contributed by atoms with E-state index in [4.69, 9.17) is 9.16 Å². The van der Waals surface area contributed by atoms with E-state index in [1.165, 1.54) is 10.4 Å². The van der Waals surface area contributed by atoms with Gasteiger partial charge in [0.1, 0.15) is 6.10 Å². The summed E-state index contributed by atoms with van der Waals surface area (Å²) in [4.78, 5) is 0. The second-order valence-electron chi connectivity index (χ2n) is 9.97. The molecule has 2 fully saturated rings. The van der Waals surface area contributed by atoms with Gasteiger partial charge in [-0.25, -0.2) is 0 Å². The van der Waals surface area contributed by atoms with Crippen LogP contribution in [0.3, 0.4) is 0 Å². The molecule has 4 nitrogen and oxygen atoms in total. The number of nitriles is 1. The van der Waals surface area contributed by atoms with Crippen LogP contribution in [0.25, 0.3) is 0 Å². The monoisotopic (exact) mass is 435 g/mol. The van der Waals surface area contributed by atoms with E-state index >= 15 is 0 Å². The summed E-state index contributed by atoms with van der Waals surface area (Å²) in [7, 11) is -2.63. The molecular weight excluding hydrogens is 402 g/mol. The Morgan fingerprint density at radius 2 is 1.61 bits per heavy atom. The number of hydrogen-bond donors (Lipinski definition) is 1. The highest BCUT2D eigenvalue weighted by Crippen LogP contribution is 2.43. The largest absolute Gasteiger partial charge is 0.407 e. The van der Waals surface area contributed by atoms with Crippen molar-refractivity contribution in [2.45, 2.75) is 63.4 Å². The van der Waals surface area contributed by atoms with Crippen molar-refractivity contribution in [3.63, 3.8) is 0 Å². The van der Waals surface area contributed by atoms with Crippen molar-refractivity contribution in [1.29, 1.82) is 5.26 Å². The number of aliphatic hydroxyl groups is 1. The number of aliphatic hydroxyl groups excluding tert-OH is 1. The number of ether oxygens (including phenoxy) is 1. The molecule has 2 aromatic rings. The molecule has 5 heteroatoms. The van der Waals surface area contributed by atoms with Gasteiger partial charge in [-0.15, -0.1) is 0 Å². The summed E-state index contributed by atoms with van der Waals surface area (Å²) in [6.07, 6.45) is 1.41. The van der Waals surface area contributed by atoms with E-state index in [9.17, 15) is 10.4 Å². The maximum absolute atomic E-state index is 10.9. The lowest BCUT2D eigenvalue weighted by Gasteiger charge is -2.44. The van der Waals surface area contributed by atoms with Crippen molar-refractivity contribution >= 4 is 18.7 Å². The van der Waals surface area contributed by atoms with Crippen molar-refractivity contribution in [3.8, 4) is 6.07 Å². The number of fused-ring (bicyclic) bond motifs is 1. The van der Waals surface area contributed by atoms with Crippen molar-refractivity contribution in [2.75, 3.05) is 6.61 Å². The van der Waals surface area contributed by atoms with E-state index in [1.807, 2.05) is 12.1 Å². The molecule has 1 heterocycles. The molecule has 31 heavy (non-hydrogen) atoms. The van der Waals surface area contributed by atoms with Gasteiger partial charge in [-0.1, -0.05) is 81.4 Å². The summed E-state index contributed by atoms with van der Waals surface area (Å²) in [5.41, 5.74) is 0. The molecule has 5 atom stereocenters. The first kappa shape index (κ1) is 22.2. The van der Waals surface area contributed by atoms with Gasteiger partial charge in [-0.3, -0.25) is 0 Å². The Hall–Kier alpha value is -1.97. The highest BCUT2D eigenvalue weighted by Gasteiger charge is 2.52. The first-order valence-corrected chi connectivity index (χ1v) is 13.3. The fourth-order valence-electron chi connectivity index (χ4n) is 5.64. The van der Waals surface area contributed by atoms with Crippen LogP contribution in [0.15, 0.2) is 60.7 Å². The van der Waals surface area contributed by atoms with Crippen LogP contribution < -0.4 is 10.4 Å². The maximum atomic E-state index is 10.9. The minimum atomic E-state index is -2.63. The zero-order valence-corrected chi connectivity index (χ0v) is 19.7. The van der Waals surface area contributed by atoms with Crippen LogP contribution in [0, 0.1) is 23.2 Å². The standard InChI is InChI=1S/C26H33NO3Si/c1-26(2,3)31(20-10-6-4-7-11-20,21-12-8-5-9-13-21)29-18-23-22-15-14-19(17-27)30-25(22)16-24(23)28/h4-13,19,22-25,28H,14-16,18H2,1-3H3/t19-,22-,23-,24-,25+/m1/s1. The van der Waals surface area contributed by atoms with Gasteiger partial charge < -0.3 is 14.3 Å². The molecule has 2 aromatic carbocycles. The molecule has 1 saturated heterocycles. The molecule has 0 spiro atoms. The third-order valence-electron chi connectivity index (χ3n) is 7.15. The molecule has 1 saturated carbocycles. The third-order valence-corrected chi connectivity index (χ3v) is 12.2.